The monoisotopic (exact) mass is 181 g/mol. The second kappa shape index (κ2) is 4.07. The van der Waals surface area contributed by atoms with E-state index in [1.54, 1.807) is 11.3 Å². The van der Waals surface area contributed by atoms with Gasteiger partial charge in [-0.2, -0.15) is 5.26 Å². The van der Waals surface area contributed by atoms with Crippen LogP contribution in [0.2, 0.25) is 0 Å². The second-order valence-corrected chi connectivity index (χ2v) is 3.92. The van der Waals surface area contributed by atoms with Gasteiger partial charge in [-0.05, 0) is 13.8 Å². The van der Waals surface area contributed by atoms with E-state index in [0.29, 0.717) is 6.54 Å². The predicted molar refractivity (Wildman–Crippen MR) is 50.1 cm³/mol. The lowest BCUT2D eigenvalue weighted by atomic mass is 10.2. The molecule has 0 bridgehead atoms. The summed E-state index contributed by atoms with van der Waals surface area (Å²) in [5.41, 5.74) is 0. The molecule has 1 unspecified atom stereocenters. The number of aromatic nitrogens is 1. The summed E-state index contributed by atoms with van der Waals surface area (Å²) in [5, 5.41) is 12.5. The Morgan fingerprint density at radius 1 is 1.83 bits per heavy atom. The van der Waals surface area contributed by atoms with Crippen molar-refractivity contribution in [3.05, 3.63) is 11.1 Å². The SMILES string of the molecule is Cc1cnc(NCC(C)C#N)s1. The molecule has 64 valence electrons. The molecule has 0 saturated carbocycles. The van der Waals surface area contributed by atoms with Gasteiger partial charge in [0.05, 0.1) is 12.0 Å². The zero-order chi connectivity index (χ0) is 8.97. The van der Waals surface area contributed by atoms with Gasteiger partial charge in [-0.15, -0.1) is 11.3 Å². The number of hydrogen-bond donors (Lipinski definition) is 1. The lowest BCUT2D eigenvalue weighted by Crippen LogP contribution is -2.08. The topological polar surface area (TPSA) is 48.7 Å². The van der Waals surface area contributed by atoms with Gasteiger partial charge < -0.3 is 5.32 Å². The maximum absolute atomic E-state index is 8.51. The largest absolute Gasteiger partial charge is 0.360 e. The van der Waals surface area contributed by atoms with Gasteiger partial charge in [0, 0.05) is 17.6 Å². The molecule has 3 nitrogen and oxygen atoms in total. The number of nitrogens with zero attached hydrogens (tertiary/aromatic N) is 2. The fraction of sp³-hybridized carbons (Fsp3) is 0.500. The molecule has 0 amide bonds. The maximum Gasteiger partial charge on any atom is 0.182 e. The second-order valence-electron chi connectivity index (χ2n) is 2.69. The van der Waals surface area contributed by atoms with Crippen LogP contribution >= 0.6 is 11.3 Å². The normalized spacial score (nSPS) is 12.1. The van der Waals surface area contributed by atoms with Crippen molar-refractivity contribution in [2.45, 2.75) is 13.8 Å². The van der Waals surface area contributed by atoms with Crippen LogP contribution in [0.25, 0.3) is 0 Å². The molecule has 4 heteroatoms. The fourth-order valence-corrected chi connectivity index (χ4v) is 1.39. The quantitative estimate of drug-likeness (QED) is 0.776. The van der Waals surface area contributed by atoms with Gasteiger partial charge >= 0.3 is 0 Å². The smallest absolute Gasteiger partial charge is 0.182 e. The molecule has 0 spiro atoms. The van der Waals surface area contributed by atoms with Crippen LogP contribution in [-0.2, 0) is 0 Å². The summed E-state index contributed by atoms with van der Waals surface area (Å²) in [5.74, 6) is 0.0363. The number of nitriles is 1. The molecule has 1 aromatic rings. The van der Waals surface area contributed by atoms with E-state index in [0.717, 1.165) is 5.13 Å². The van der Waals surface area contributed by atoms with E-state index in [9.17, 15) is 0 Å². The van der Waals surface area contributed by atoms with Crippen LogP contribution in [0.3, 0.4) is 0 Å². The summed E-state index contributed by atoms with van der Waals surface area (Å²) in [6, 6.07) is 2.16. The average molecular weight is 181 g/mol. The van der Waals surface area contributed by atoms with Crippen molar-refractivity contribution in [3.8, 4) is 6.07 Å². The van der Waals surface area contributed by atoms with E-state index < -0.39 is 0 Å². The first-order valence-electron chi connectivity index (χ1n) is 3.78. The third-order valence-electron chi connectivity index (χ3n) is 1.40. The molecule has 0 aliphatic heterocycles. The molecular formula is C8H11N3S. The van der Waals surface area contributed by atoms with Crippen LogP contribution in [0.15, 0.2) is 6.20 Å². The number of rotatable bonds is 3. The standard InChI is InChI=1S/C8H11N3S/c1-6(3-9)4-10-8-11-5-7(2)12-8/h5-6H,4H2,1-2H3,(H,10,11). The predicted octanol–water partition coefficient (Wildman–Crippen LogP) is 2.02. The van der Waals surface area contributed by atoms with Crippen LogP contribution < -0.4 is 5.32 Å². The molecule has 12 heavy (non-hydrogen) atoms. The Morgan fingerprint density at radius 2 is 2.58 bits per heavy atom. The Bertz CT molecular complexity index is 287. The van der Waals surface area contributed by atoms with Crippen molar-refractivity contribution in [2.24, 2.45) is 5.92 Å². The van der Waals surface area contributed by atoms with Gasteiger partial charge in [0.15, 0.2) is 5.13 Å². The highest BCUT2D eigenvalue weighted by atomic mass is 32.1. The molecule has 1 aromatic heterocycles. The van der Waals surface area contributed by atoms with Gasteiger partial charge in [-0.1, -0.05) is 0 Å². The summed E-state index contributed by atoms with van der Waals surface area (Å²) in [6.45, 7) is 4.56. The van der Waals surface area contributed by atoms with Crippen molar-refractivity contribution < 1.29 is 0 Å². The highest BCUT2D eigenvalue weighted by molar-refractivity contribution is 7.15. The zero-order valence-corrected chi connectivity index (χ0v) is 7.98. The number of aryl methyl sites for hydroxylation is 1. The summed E-state index contributed by atoms with van der Waals surface area (Å²) < 4.78 is 0. The fourth-order valence-electron chi connectivity index (χ4n) is 0.722. The molecule has 0 saturated heterocycles. The van der Waals surface area contributed by atoms with E-state index in [-0.39, 0.29) is 5.92 Å². The van der Waals surface area contributed by atoms with Crippen LogP contribution in [-0.4, -0.2) is 11.5 Å². The Labute approximate surface area is 76.1 Å². The molecule has 1 N–H and O–H groups in total. The van der Waals surface area contributed by atoms with Crippen molar-refractivity contribution in [1.29, 1.82) is 5.26 Å². The van der Waals surface area contributed by atoms with E-state index in [1.165, 1.54) is 4.88 Å². The molecule has 0 fully saturated rings. The van der Waals surface area contributed by atoms with Crippen LogP contribution in [0.5, 0.6) is 0 Å². The molecule has 1 atom stereocenters. The summed E-state index contributed by atoms with van der Waals surface area (Å²) in [4.78, 5) is 5.30. The number of nitrogens with one attached hydrogen (secondary N) is 1. The van der Waals surface area contributed by atoms with Crippen LogP contribution in [0.1, 0.15) is 11.8 Å². The first-order chi connectivity index (χ1) is 5.72. The first kappa shape index (κ1) is 9.01. The minimum Gasteiger partial charge on any atom is -0.360 e. The molecule has 0 aromatic carbocycles. The molecule has 1 heterocycles. The lowest BCUT2D eigenvalue weighted by Gasteiger charge is -2.01. The number of thiazole rings is 1. The first-order valence-corrected chi connectivity index (χ1v) is 4.60. The van der Waals surface area contributed by atoms with E-state index in [1.807, 2.05) is 20.0 Å². The van der Waals surface area contributed by atoms with Gasteiger partial charge in [0.1, 0.15) is 0 Å². The molecule has 0 radical (unpaired) electrons. The van der Waals surface area contributed by atoms with Gasteiger partial charge in [-0.3, -0.25) is 0 Å². The van der Waals surface area contributed by atoms with Crippen molar-refractivity contribution in [3.63, 3.8) is 0 Å². The minimum atomic E-state index is 0.0363. The van der Waals surface area contributed by atoms with Gasteiger partial charge in [-0.25, -0.2) is 4.98 Å². The van der Waals surface area contributed by atoms with Crippen LogP contribution in [0, 0.1) is 24.2 Å². The molecule has 0 aliphatic carbocycles. The Balaban J connectivity index is 2.39. The maximum atomic E-state index is 8.51. The average Bonchev–Trinajstić information content (AvgIpc) is 2.47. The van der Waals surface area contributed by atoms with E-state index in [2.05, 4.69) is 16.4 Å². The van der Waals surface area contributed by atoms with Crippen molar-refractivity contribution in [1.82, 2.24) is 4.98 Å². The lowest BCUT2D eigenvalue weighted by molar-refractivity contribution is 0.785. The van der Waals surface area contributed by atoms with Gasteiger partial charge in [0.25, 0.3) is 0 Å². The van der Waals surface area contributed by atoms with Gasteiger partial charge in [0.2, 0.25) is 0 Å². The molecule has 0 aliphatic rings. The molecule has 1 rings (SSSR count). The Hall–Kier alpha value is -1.08. The van der Waals surface area contributed by atoms with Crippen LogP contribution in [0.4, 0.5) is 5.13 Å². The highest BCUT2D eigenvalue weighted by Gasteiger charge is 2.00. The van der Waals surface area contributed by atoms with E-state index in [4.69, 9.17) is 5.26 Å². The summed E-state index contributed by atoms with van der Waals surface area (Å²) in [6.07, 6.45) is 1.82. The van der Waals surface area contributed by atoms with Crippen molar-refractivity contribution in [2.75, 3.05) is 11.9 Å². The summed E-state index contributed by atoms with van der Waals surface area (Å²) >= 11 is 1.61. The summed E-state index contributed by atoms with van der Waals surface area (Å²) in [7, 11) is 0. The molecular weight excluding hydrogens is 170 g/mol. The Morgan fingerprint density at radius 3 is 3.08 bits per heavy atom. The van der Waals surface area contributed by atoms with Crippen molar-refractivity contribution >= 4 is 16.5 Å². The third kappa shape index (κ3) is 2.51. The minimum absolute atomic E-state index is 0.0363. The van der Waals surface area contributed by atoms with E-state index >= 15 is 0 Å². The number of anilines is 1. The number of hydrogen-bond acceptors (Lipinski definition) is 4. The Kier molecular flexibility index (Phi) is 3.06. The highest BCUT2D eigenvalue weighted by Crippen LogP contribution is 2.16. The zero-order valence-electron chi connectivity index (χ0n) is 7.16. The third-order valence-corrected chi connectivity index (χ3v) is 2.27.